The van der Waals surface area contributed by atoms with Crippen molar-refractivity contribution in [3.63, 3.8) is 0 Å². The maximum absolute atomic E-state index is 14.1. The summed E-state index contributed by atoms with van der Waals surface area (Å²) in [7, 11) is 0. The molecule has 2 saturated heterocycles. The average molecular weight is 548 g/mol. The Morgan fingerprint density at radius 3 is 2.59 bits per heavy atom. The lowest BCUT2D eigenvalue weighted by molar-refractivity contribution is -0.141. The van der Waals surface area contributed by atoms with Crippen LogP contribution in [0.5, 0.6) is 0 Å². The van der Waals surface area contributed by atoms with Gasteiger partial charge in [-0.15, -0.1) is 0 Å². The van der Waals surface area contributed by atoms with Crippen molar-refractivity contribution in [3.05, 3.63) is 76.8 Å². The van der Waals surface area contributed by atoms with Gasteiger partial charge in [0.25, 0.3) is 0 Å². The number of nitrogens with zero attached hydrogens (tertiary/aromatic N) is 1. The number of carbonyl (C=O) groups excluding carboxylic acids is 3. The fourth-order valence-electron chi connectivity index (χ4n) is 6.83. The van der Waals surface area contributed by atoms with Gasteiger partial charge in [0.05, 0.1) is 17.9 Å². The smallest absolute Gasteiger partial charge is 0.246 e. The van der Waals surface area contributed by atoms with Crippen LogP contribution in [0.15, 0.2) is 60.7 Å². The van der Waals surface area contributed by atoms with Crippen LogP contribution < -0.4 is 10.6 Å². The third kappa shape index (κ3) is 4.66. The van der Waals surface area contributed by atoms with Gasteiger partial charge in [-0.25, -0.2) is 0 Å². The van der Waals surface area contributed by atoms with E-state index >= 15 is 0 Å². The molecule has 39 heavy (non-hydrogen) atoms. The fourth-order valence-corrected chi connectivity index (χ4v) is 7.01. The summed E-state index contributed by atoms with van der Waals surface area (Å²) in [6.45, 7) is 2.26. The Labute approximate surface area is 233 Å². The third-order valence-corrected chi connectivity index (χ3v) is 9.21. The average Bonchev–Trinajstić information content (AvgIpc) is 3.58. The molecule has 5 atom stereocenters. The molecule has 2 bridgehead atoms. The van der Waals surface area contributed by atoms with Crippen LogP contribution in [0.25, 0.3) is 0 Å². The molecule has 4 aliphatic rings. The molecular formula is C31H34ClN3O4. The number of fused-ring (bicyclic) bond motifs is 1. The Morgan fingerprint density at radius 2 is 1.85 bits per heavy atom. The molecule has 204 valence electrons. The topological polar surface area (TPSA) is 87.7 Å². The predicted octanol–water partition coefficient (Wildman–Crippen LogP) is 4.43. The molecule has 3 heterocycles. The van der Waals surface area contributed by atoms with Crippen LogP contribution in [0.4, 0.5) is 5.69 Å². The first kappa shape index (κ1) is 26.1. The van der Waals surface area contributed by atoms with Gasteiger partial charge in [-0.2, -0.15) is 0 Å². The van der Waals surface area contributed by atoms with Crippen LogP contribution in [-0.2, 0) is 25.5 Å². The van der Waals surface area contributed by atoms with Gasteiger partial charge < -0.3 is 20.3 Å². The molecule has 0 unspecified atom stereocenters. The summed E-state index contributed by atoms with van der Waals surface area (Å²) in [6, 6.07) is 14.5. The number of likely N-dealkylation sites (tertiary alicyclic amines) is 1. The molecule has 2 aromatic carbocycles. The number of halogens is 1. The second kappa shape index (κ2) is 10.4. The maximum atomic E-state index is 14.1. The zero-order valence-electron chi connectivity index (χ0n) is 22.1. The quantitative estimate of drug-likeness (QED) is 0.502. The third-order valence-electron chi connectivity index (χ3n) is 8.80. The molecule has 2 aromatic rings. The maximum Gasteiger partial charge on any atom is 0.246 e. The standard InChI is InChI=1S/C31H34ClN3O4/c1-19-12-13-22(18-23(19)32)34-28(36)25-24-14-16-31(39-24)26(25)30(38)35(17-15-20-8-4-2-5-9-20)27(31)29(37)33-21-10-6-3-7-11-21/h2,4-5,8-9,12-14,16,18,21,24-27H,3,6-7,10-11,15,17H2,1H3,(H,33,37)(H,34,36)/t24-,25-,26-,27-,31-/m0/s1. The largest absolute Gasteiger partial charge is 0.359 e. The Hall–Kier alpha value is -3.16. The van der Waals surface area contributed by atoms with E-state index in [1.54, 1.807) is 17.0 Å². The van der Waals surface area contributed by atoms with Gasteiger partial charge in [0.15, 0.2) is 0 Å². The lowest BCUT2D eigenvalue weighted by Gasteiger charge is -2.34. The van der Waals surface area contributed by atoms with Crippen LogP contribution in [0.2, 0.25) is 5.02 Å². The van der Waals surface area contributed by atoms with E-state index in [1.165, 1.54) is 6.42 Å². The molecule has 1 aliphatic carbocycles. The lowest BCUT2D eigenvalue weighted by atomic mass is 9.74. The van der Waals surface area contributed by atoms with E-state index in [0.717, 1.165) is 36.8 Å². The van der Waals surface area contributed by atoms with E-state index in [9.17, 15) is 14.4 Å². The number of amides is 3. The Kier molecular flexibility index (Phi) is 6.98. The summed E-state index contributed by atoms with van der Waals surface area (Å²) in [4.78, 5) is 43.3. The van der Waals surface area contributed by atoms with Crippen LogP contribution in [0.1, 0.15) is 43.2 Å². The van der Waals surface area contributed by atoms with Gasteiger partial charge >= 0.3 is 0 Å². The van der Waals surface area contributed by atoms with Gasteiger partial charge in [0.1, 0.15) is 11.6 Å². The molecular weight excluding hydrogens is 514 g/mol. The highest BCUT2D eigenvalue weighted by Crippen LogP contribution is 2.55. The predicted molar refractivity (Wildman–Crippen MR) is 149 cm³/mol. The van der Waals surface area contributed by atoms with Crippen molar-refractivity contribution < 1.29 is 19.1 Å². The van der Waals surface area contributed by atoms with Crippen molar-refractivity contribution in [2.45, 2.75) is 69.2 Å². The SMILES string of the molecule is Cc1ccc(NC(=O)[C@H]2[C@@H]3C=C[C@]4(O3)[C@@H]2C(=O)N(CCc2ccccc2)[C@H]4C(=O)NC2CCCCC2)cc1Cl. The van der Waals surface area contributed by atoms with Crippen LogP contribution in [-0.4, -0.2) is 53.0 Å². The highest BCUT2D eigenvalue weighted by molar-refractivity contribution is 6.31. The Morgan fingerprint density at radius 1 is 1.08 bits per heavy atom. The fraction of sp³-hybridized carbons (Fsp3) is 0.452. The first-order valence-corrected chi connectivity index (χ1v) is 14.3. The molecule has 0 radical (unpaired) electrons. The minimum Gasteiger partial charge on any atom is -0.359 e. The van der Waals surface area contributed by atoms with E-state index < -0.39 is 29.6 Å². The summed E-state index contributed by atoms with van der Waals surface area (Å²) in [5.41, 5.74) is 1.39. The summed E-state index contributed by atoms with van der Waals surface area (Å²) in [5.74, 6) is -2.22. The van der Waals surface area contributed by atoms with Crippen LogP contribution in [0, 0.1) is 18.8 Å². The highest BCUT2D eigenvalue weighted by atomic mass is 35.5. The van der Waals surface area contributed by atoms with Gasteiger partial charge in [-0.1, -0.05) is 79.4 Å². The van der Waals surface area contributed by atoms with Crippen molar-refractivity contribution in [2.24, 2.45) is 11.8 Å². The van der Waals surface area contributed by atoms with Gasteiger partial charge in [-0.05, 0) is 49.4 Å². The molecule has 3 amide bonds. The lowest BCUT2D eigenvalue weighted by Crippen LogP contribution is -2.56. The summed E-state index contributed by atoms with van der Waals surface area (Å²) in [6.07, 6.45) is 8.98. The van der Waals surface area contributed by atoms with Crippen molar-refractivity contribution in [1.82, 2.24) is 10.2 Å². The summed E-state index contributed by atoms with van der Waals surface area (Å²) < 4.78 is 6.45. The molecule has 7 nitrogen and oxygen atoms in total. The van der Waals surface area contributed by atoms with E-state index in [1.807, 2.05) is 55.5 Å². The van der Waals surface area contributed by atoms with E-state index in [-0.39, 0.29) is 23.8 Å². The van der Waals surface area contributed by atoms with Gasteiger partial charge in [-0.3, -0.25) is 14.4 Å². The van der Waals surface area contributed by atoms with Crippen molar-refractivity contribution in [1.29, 1.82) is 0 Å². The molecule has 6 rings (SSSR count). The monoisotopic (exact) mass is 547 g/mol. The number of benzene rings is 2. The number of nitrogens with one attached hydrogen (secondary N) is 2. The second-order valence-corrected chi connectivity index (χ2v) is 11.7. The van der Waals surface area contributed by atoms with Crippen LogP contribution in [0.3, 0.4) is 0 Å². The highest BCUT2D eigenvalue weighted by Gasteiger charge is 2.72. The molecule has 0 aromatic heterocycles. The van der Waals surface area contributed by atoms with Crippen LogP contribution >= 0.6 is 11.6 Å². The summed E-state index contributed by atoms with van der Waals surface area (Å²) >= 11 is 6.28. The summed E-state index contributed by atoms with van der Waals surface area (Å²) in [5, 5.41) is 6.73. The Bertz CT molecular complexity index is 1310. The first-order chi connectivity index (χ1) is 18.9. The molecule has 2 N–H and O–H groups in total. The molecule has 3 fully saturated rings. The number of hydrogen-bond donors (Lipinski definition) is 2. The molecule has 1 spiro atoms. The number of anilines is 1. The number of aryl methyl sites for hydroxylation is 1. The molecule has 8 heteroatoms. The van der Waals surface area contributed by atoms with Crippen molar-refractivity contribution in [3.8, 4) is 0 Å². The second-order valence-electron chi connectivity index (χ2n) is 11.3. The van der Waals surface area contributed by atoms with Crippen molar-refractivity contribution >= 4 is 35.0 Å². The number of rotatable bonds is 7. The Balaban J connectivity index is 1.29. The molecule has 1 saturated carbocycles. The first-order valence-electron chi connectivity index (χ1n) is 14.0. The number of carbonyl (C=O) groups is 3. The van der Waals surface area contributed by atoms with Crippen molar-refractivity contribution in [2.75, 3.05) is 11.9 Å². The van der Waals surface area contributed by atoms with E-state index in [4.69, 9.17) is 16.3 Å². The minimum absolute atomic E-state index is 0.0979. The minimum atomic E-state index is -1.16. The van der Waals surface area contributed by atoms with E-state index in [0.29, 0.717) is 23.7 Å². The number of hydrogen-bond acceptors (Lipinski definition) is 4. The molecule has 3 aliphatic heterocycles. The number of ether oxygens (including phenoxy) is 1. The zero-order chi connectivity index (χ0) is 27.1. The van der Waals surface area contributed by atoms with E-state index in [2.05, 4.69) is 10.6 Å². The van der Waals surface area contributed by atoms with Gasteiger partial charge in [0.2, 0.25) is 17.7 Å². The van der Waals surface area contributed by atoms with Gasteiger partial charge in [0, 0.05) is 23.3 Å². The zero-order valence-corrected chi connectivity index (χ0v) is 22.8. The normalized spacial score (nSPS) is 29.5.